The molecule has 0 bridgehead atoms. The third kappa shape index (κ3) is 3.93. The molecule has 96 valence electrons. The molecule has 1 rings (SSSR count). The van der Waals surface area contributed by atoms with E-state index in [0.717, 1.165) is 17.9 Å². The van der Waals surface area contributed by atoms with Crippen LogP contribution in [0.2, 0.25) is 0 Å². The fourth-order valence-corrected chi connectivity index (χ4v) is 1.77. The average Bonchev–Trinajstić information content (AvgIpc) is 2.34. The van der Waals surface area contributed by atoms with E-state index in [1.54, 1.807) is 7.11 Å². The van der Waals surface area contributed by atoms with Crippen molar-refractivity contribution in [2.45, 2.75) is 26.8 Å². The molecule has 0 radical (unpaired) electrons. The van der Waals surface area contributed by atoms with Crippen LogP contribution >= 0.6 is 0 Å². The minimum absolute atomic E-state index is 0.561. The van der Waals surface area contributed by atoms with Crippen molar-refractivity contribution in [2.24, 2.45) is 11.7 Å². The summed E-state index contributed by atoms with van der Waals surface area (Å²) in [4.78, 5) is 2.25. The van der Waals surface area contributed by atoms with E-state index in [1.165, 1.54) is 12.1 Å². The largest absolute Gasteiger partial charge is 0.497 e. The second kappa shape index (κ2) is 6.50. The molecule has 0 aliphatic heterocycles. The van der Waals surface area contributed by atoms with E-state index >= 15 is 0 Å². The smallest absolute Gasteiger partial charge is 0.120 e. The highest BCUT2D eigenvalue weighted by molar-refractivity contribution is 5.56. The molecule has 17 heavy (non-hydrogen) atoms. The summed E-state index contributed by atoms with van der Waals surface area (Å²) in [5.74, 6) is 1.60. The van der Waals surface area contributed by atoms with Gasteiger partial charge >= 0.3 is 0 Å². The molecule has 0 aromatic heterocycles. The van der Waals surface area contributed by atoms with Gasteiger partial charge in [0.1, 0.15) is 5.75 Å². The van der Waals surface area contributed by atoms with Crippen LogP contribution in [-0.4, -0.2) is 20.7 Å². The van der Waals surface area contributed by atoms with Crippen LogP contribution in [0.25, 0.3) is 0 Å². The average molecular weight is 236 g/mol. The minimum Gasteiger partial charge on any atom is -0.497 e. The van der Waals surface area contributed by atoms with Gasteiger partial charge in [-0.15, -0.1) is 0 Å². The van der Waals surface area contributed by atoms with Crippen molar-refractivity contribution in [1.82, 2.24) is 0 Å². The van der Waals surface area contributed by atoms with Crippen LogP contribution in [0.5, 0.6) is 5.75 Å². The fourth-order valence-electron chi connectivity index (χ4n) is 1.77. The number of nitrogens with zero attached hydrogens (tertiary/aromatic N) is 1. The number of rotatable bonds is 6. The Morgan fingerprint density at radius 1 is 1.35 bits per heavy atom. The van der Waals surface area contributed by atoms with Gasteiger partial charge in [-0.25, -0.2) is 0 Å². The molecule has 0 saturated carbocycles. The van der Waals surface area contributed by atoms with Gasteiger partial charge in [-0.1, -0.05) is 19.9 Å². The van der Waals surface area contributed by atoms with E-state index in [4.69, 9.17) is 10.5 Å². The van der Waals surface area contributed by atoms with Gasteiger partial charge in [0.05, 0.1) is 7.11 Å². The molecule has 0 heterocycles. The van der Waals surface area contributed by atoms with Gasteiger partial charge in [0.2, 0.25) is 0 Å². The third-order valence-electron chi connectivity index (χ3n) is 2.97. The Kier molecular flexibility index (Phi) is 5.29. The fraction of sp³-hybridized carbons (Fsp3) is 0.571. The lowest BCUT2D eigenvalue weighted by molar-refractivity contribution is 0.414. The van der Waals surface area contributed by atoms with Crippen molar-refractivity contribution in [1.29, 1.82) is 0 Å². The van der Waals surface area contributed by atoms with Crippen molar-refractivity contribution < 1.29 is 4.74 Å². The van der Waals surface area contributed by atoms with Gasteiger partial charge in [-0.2, -0.15) is 0 Å². The first kappa shape index (κ1) is 13.8. The lowest BCUT2D eigenvalue weighted by Gasteiger charge is -2.23. The third-order valence-corrected chi connectivity index (χ3v) is 2.97. The zero-order chi connectivity index (χ0) is 12.8. The summed E-state index contributed by atoms with van der Waals surface area (Å²) in [5, 5.41) is 0. The maximum Gasteiger partial charge on any atom is 0.120 e. The summed E-state index contributed by atoms with van der Waals surface area (Å²) >= 11 is 0. The van der Waals surface area contributed by atoms with Gasteiger partial charge in [0.15, 0.2) is 0 Å². The summed E-state index contributed by atoms with van der Waals surface area (Å²) in [7, 11) is 3.80. The van der Waals surface area contributed by atoms with Crippen LogP contribution < -0.4 is 15.4 Å². The predicted molar refractivity (Wildman–Crippen MR) is 73.6 cm³/mol. The number of anilines is 1. The van der Waals surface area contributed by atoms with E-state index in [2.05, 4.69) is 31.9 Å². The van der Waals surface area contributed by atoms with Crippen LogP contribution in [-0.2, 0) is 6.54 Å². The van der Waals surface area contributed by atoms with Crippen molar-refractivity contribution in [2.75, 3.05) is 25.6 Å². The molecule has 0 unspecified atom stereocenters. The Hall–Kier alpha value is -1.22. The standard InChI is InChI=1S/C14H24N2O/c1-11(2)7-8-16(3)14-9-13(17-4)6-5-12(14)10-15/h5-6,9,11H,7-8,10,15H2,1-4H3. The highest BCUT2D eigenvalue weighted by Gasteiger charge is 2.08. The predicted octanol–water partition coefficient (Wildman–Crippen LogP) is 2.64. The molecule has 0 spiro atoms. The van der Waals surface area contributed by atoms with Crippen LogP contribution in [0, 0.1) is 5.92 Å². The molecule has 0 amide bonds. The van der Waals surface area contributed by atoms with Crippen LogP contribution in [0.4, 0.5) is 5.69 Å². The number of benzene rings is 1. The number of ether oxygens (including phenoxy) is 1. The normalized spacial score (nSPS) is 10.7. The lowest BCUT2D eigenvalue weighted by atomic mass is 10.1. The molecule has 1 aromatic rings. The molecule has 3 nitrogen and oxygen atoms in total. The molecular weight excluding hydrogens is 212 g/mol. The number of nitrogens with two attached hydrogens (primary N) is 1. The summed E-state index contributed by atoms with van der Waals surface area (Å²) in [6, 6.07) is 6.06. The summed E-state index contributed by atoms with van der Waals surface area (Å²) < 4.78 is 5.26. The summed E-state index contributed by atoms with van der Waals surface area (Å²) in [6.07, 6.45) is 1.18. The van der Waals surface area contributed by atoms with E-state index in [-0.39, 0.29) is 0 Å². The first-order valence-electron chi connectivity index (χ1n) is 6.16. The zero-order valence-electron chi connectivity index (χ0n) is 11.4. The summed E-state index contributed by atoms with van der Waals surface area (Å²) in [6.45, 7) is 6.08. The van der Waals surface area contributed by atoms with Gasteiger partial charge in [-0.3, -0.25) is 0 Å². The zero-order valence-corrected chi connectivity index (χ0v) is 11.4. The Labute approximate surface area is 105 Å². The van der Waals surface area contributed by atoms with Crippen LogP contribution in [0.15, 0.2) is 18.2 Å². The molecular formula is C14H24N2O. The van der Waals surface area contributed by atoms with E-state index < -0.39 is 0 Å². The number of hydrogen-bond acceptors (Lipinski definition) is 3. The Balaban J connectivity index is 2.85. The van der Waals surface area contributed by atoms with Gasteiger partial charge < -0.3 is 15.4 Å². The minimum atomic E-state index is 0.561. The van der Waals surface area contributed by atoms with Gasteiger partial charge in [-0.05, 0) is 24.0 Å². The van der Waals surface area contributed by atoms with Crippen molar-refractivity contribution >= 4 is 5.69 Å². The van der Waals surface area contributed by atoms with Gasteiger partial charge in [0, 0.05) is 31.9 Å². The summed E-state index contributed by atoms with van der Waals surface area (Å²) in [5.41, 5.74) is 8.11. The Morgan fingerprint density at radius 3 is 2.59 bits per heavy atom. The highest BCUT2D eigenvalue weighted by atomic mass is 16.5. The van der Waals surface area contributed by atoms with E-state index in [1.807, 2.05) is 12.1 Å². The molecule has 0 aliphatic rings. The van der Waals surface area contributed by atoms with Crippen molar-refractivity contribution in [3.63, 3.8) is 0 Å². The maximum absolute atomic E-state index is 5.77. The molecule has 1 aromatic carbocycles. The second-order valence-corrected chi connectivity index (χ2v) is 4.80. The van der Waals surface area contributed by atoms with E-state index in [9.17, 15) is 0 Å². The van der Waals surface area contributed by atoms with Crippen LogP contribution in [0.3, 0.4) is 0 Å². The van der Waals surface area contributed by atoms with Crippen molar-refractivity contribution in [3.05, 3.63) is 23.8 Å². The lowest BCUT2D eigenvalue weighted by Crippen LogP contribution is -2.22. The first-order chi connectivity index (χ1) is 8.08. The Morgan fingerprint density at radius 2 is 2.06 bits per heavy atom. The van der Waals surface area contributed by atoms with Crippen LogP contribution in [0.1, 0.15) is 25.8 Å². The topological polar surface area (TPSA) is 38.5 Å². The first-order valence-corrected chi connectivity index (χ1v) is 6.16. The quantitative estimate of drug-likeness (QED) is 0.825. The molecule has 2 N–H and O–H groups in total. The monoisotopic (exact) mass is 236 g/mol. The van der Waals surface area contributed by atoms with E-state index in [0.29, 0.717) is 12.5 Å². The molecule has 0 aliphatic carbocycles. The molecule has 0 fully saturated rings. The Bertz CT molecular complexity index is 350. The number of hydrogen-bond donors (Lipinski definition) is 1. The second-order valence-electron chi connectivity index (χ2n) is 4.80. The SMILES string of the molecule is COc1ccc(CN)c(N(C)CCC(C)C)c1. The number of methoxy groups -OCH3 is 1. The molecule has 0 atom stereocenters. The van der Waals surface area contributed by atoms with Crippen molar-refractivity contribution in [3.8, 4) is 5.75 Å². The molecule has 0 saturated heterocycles. The molecule has 3 heteroatoms. The van der Waals surface area contributed by atoms with Gasteiger partial charge in [0.25, 0.3) is 0 Å². The maximum atomic E-state index is 5.77. The highest BCUT2D eigenvalue weighted by Crippen LogP contribution is 2.25.